The third-order valence-electron chi connectivity index (χ3n) is 2.60. The summed E-state index contributed by atoms with van der Waals surface area (Å²) >= 11 is 3.39. The molecule has 0 heterocycles. The number of rotatable bonds is 2. The topological polar surface area (TPSA) is 0 Å². The molecule has 1 aromatic carbocycles. The first-order valence-corrected chi connectivity index (χ1v) is 8.39. The first-order valence-electron chi connectivity index (χ1n) is 6.03. The minimum atomic E-state index is 0.0833. The molecule has 0 radical (unpaired) electrons. The van der Waals surface area contributed by atoms with Gasteiger partial charge in [-0.3, -0.25) is 0 Å². The van der Waals surface area contributed by atoms with Gasteiger partial charge in [-0.25, -0.2) is 0 Å². The third-order valence-corrected chi connectivity index (χ3v) is 5.29. The van der Waals surface area contributed by atoms with Gasteiger partial charge in [0.05, 0.1) is 0 Å². The van der Waals surface area contributed by atoms with Crippen LogP contribution < -0.4 is 0 Å². The molecule has 0 spiro atoms. The predicted molar refractivity (Wildman–Crippen MR) is 77.8 cm³/mol. The summed E-state index contributed by atoms with van der Waals surface area (Å²) in [6.07, 6.45) is 15.9. The summed E-state index contributed by atoms with van der Waals surface area (Å²) in [7, 11) is 0. The van der Waals surface area contributed by atoms with Gasteiger partial charge in [0, 0.05) is 4.47 Å². The van der Waals surface area contributed by atoms with E-state index < -0.39 is 0 Å². The molecule has 1 aromatic rings. The molecule has 2 aliphatic rings. The van der Waals surface area contributed by atoms with E-state index in [1.165, 1.54) is 12.8 Å². The van der Waals surface area contributed by atoms with Crippen molar-refractivity contribution in [2.45, 2.75) is 12.8 Å². The Hall–Kier alpha value is -0.626. The zero-order valence-electron chi connectivity index (χ0n) is 10.1. The van der Waals surface area contributed by atoms with E-state index in [0.717, 1.165) is 4.47 Å². The summed E-state index contributed by atoms with van der Waals surface area (Å²) in [6, 6.07) is 9.97. The molecule has 0 fully saturated rings. The van der Waals surface area contributed by atoms with Gasteiger partial charge in [-0.1, -0.05) is 34.1 Å². The Bertz CT molecular complexity index is 467. The average molecular weight is 335 g/mol. The van der Waals surface area contributed by atoms with Gasteiger partial charge in [-0.2, -0.15) is 0 Å². The van der Waals surface area contributed by atoms with Gasteiger partial charge in [-0.15, -0.1) is 0 Å². The molecule has 0 nitrogen and oxygen atoms in total. The van der Waals surface area contributed by atoms with E-state index >= 15 is 0 Å². The van der Waals surface area contributed by atoms with Crippen molar-refractivity contribution in [3.8, 4) is 0 Å². The maximum absolute atomic E-state index is 3.31. The standard InChI is InChI=1S/C6H5Br.2C5H5.Ti/c7-6-4-2-1-3-5-6;2*1-2-4-5-3-1;/h1-5H;2*1-3H,4H2;. The quantitative estimate of drug-likeness (QED) is 0.651. The van der Waals surface area contributed by atoms with Crippen LogP contribution in [0.4, 0.5) is 0 Å². The molecule has 3 rings (SSSR count). The van der Waals surface area contributed by atoms with Crippen molar-refractivity contribution >= 4 is 15.9 Å². The molecule has 90 valence electrons. The predicted octanol–water partition coefficient (Wildman–Crippen LogP) is 5.21. The third kappa shape index (κ3) is 4.93. The summed E-state index contributed by atoms with van der Waals surface area (Å²) in [6.45, 7) is 0. The number of allylic oxidation sites excluding steroid dienone is 8. The Kier molecular flexibility index (Phi) is 5.93. The molecule has 2 aliphatic carbocycles. The molecule has 2 heteroatoms. The van der Waals surface area contributed by atoms with Crippen LogP contribution in [0.3, 0.4) is 0 Å². The van der Waals surface area contributed by atoms with Gasteiger partial charge < -0.3 is 0 Å². The Morgan fingerprint density at radius 2 is 1.39 bits per heavy atom. The minimum absolute atomic E-state index is 0.0833. The molecule has 0 saturated heterocycles. The van der Waals surface area contributed by atoms with Crippen LogP contribution in [-0.4, -0.2) is 0 Å². The van der Waals surface area contributed by atoms with Crippen molar-refractivity contribution in [2.24, 2.45) is 0 Å². The fraction of sp³-hybridized carbons (Fsp3) is 0.125. The van der Waals surface area contributed by atoms with Crippen LogP contribution in [0.2, 0.25) is 0 Å². The van der Waals surface area contributed by atoms with E-state index in [2.05, 4.69) is 52.4 Å². The van der Waals surface area contributed by atoms with Crippen molar-refractivity contribution in [3.63, 3.8) is 0 Å². The summed E-state index contributed by atoms with van der Waals surface area (Å²) in [5, 5.41) is 0. The van der Waals surface area contributed by atoms with Crippen LogP contribution in [0.1, 0.15) is 12.8 Å². The number of hydrogen-bond donors (Lipinski definition) is 0. The van der Waals surface area contributed by atoms with Gasteiger partial charge >= 0.3 is 76.2 Å². The number of halogens is 1. The Labute approximate surface area is 126 Å². The summed E-state index contributed by atoms with van der Waals surface area (Å²) in [5.74, 6) is 0. The molecule has 0 N–H and O–H groups in total. The summed E-state index contributed by atoms with van der Waals surface area (Å²) < 4.78 is 4.50. The van der Waals surface area contributed by atoms with Crippen LogP contribution in [0.5, 0.6) is 0 Å². The van der Waals surface area contributed by atoms with E-state index in [-0.39, 0.29) is 19.2 Å². The van der Waals surface area contributed by atoms with Crippen molar-refractivity contribution in [1.82, 2.24) is 0 Å². The van der Waals surface area contributed by atoms with Gasteiger partial charge in [0.15, 0.2) is 0 Å². The molecule has 0 bridgehead atoms. The van der Waals surface area contributed by atoms with Crippen molar-refractivity contribution in [1.29, 1.82) is 0 Å². The molecule has 0 amide bonds. The first kappa shape index (κ1) is 13.8. The Morgan fingerprint density at radius 3 is 1.72 bits per heavy atom. The van der Waals surface area contributed by atoms with Crippen LogP contribution in [0, 0.1) is 0 Å². The van der Waals surface area contributed by atoms with Crippen LogP contribution >= 0.6 is 15.9 Å². The zero-order chi connectivity index (χ0) is 12.6. The fourth-order valence-corrected chi connectivity index (χ4v) is 3.90. The zero-order valence-corrected chi connectivity index (χ0v) is 13.3. The monoisotopic (exact) mass is 334 g/mol. The van der Waals surface area contributed by atoms with Crippen LogP contribution in [0.25, 0.3) is 0 Å². The fourth-order valence-electron chi connectivity index (χ4n) is 1.70. The summed E-state index contributed by atoms with van der Waals surface area (Å²) in [5.41, 5.74) is 0. The number of benzene rings is 1. The summed E-state index contributed by atoms with van der Waals surface area (Å²) in [4.78, 5) is 0. The first-order chi connectivity index (χ1) is 8.84. The van der Waals surface area contributed by atoms with Crippen molar-refractivity contribution in [3.05, 3.63) is 79.0 Å². The second kappa shape index (κ2) is 7.73. The molecule has 0 aliphatic heterocycles. The van der Waals surface area contributed by atoms with E-state index in [4.69, 9.17) is 0 Å². The molecular weight excluding hydrogens is 320 g/mol. The molecule has 0 aromatic heterocycles. The molecule has 0 unspecified atom stereocenters. The van der Waals surface area contributed by atoms with Gasteiger partial charge in [0.1, 0.15) is 0 Å². The Balaban J connectivity index is 0.000000149. The number of hydrogen-bond acceptors (Lipinski definition) is 0. The van der Waals surface area contributed by atoms with E-state index in [1.54, 1.807) is 7.76 Å². The molecular formula is C16H15BrTi. The van der Waals surface area contributed by atoms with E-state index in [1.807, 2.05) is 30.3 Å². The Morgan fingerprint density at radius 1 is 0.833 bits per heavy atom. The normalized spacial score (nSPS) is 15.8. The average Bonchev–Trinajstić information content (AvgIpc) is 3.05. The molecule has 0 atom stereocenters. The molecule has 18 heavy (non-hydrogen) atoms. The second-order valence-corrected chi connectivity index (χ2v) is 7.38. The maximum atomic E-state index is 3.31. The van der Waals surface area contributed by atoms with Gasteiger partial charge in [0.2, 0.25) is 0 Å². The van der Waals surface area contributed by atoms with Gasteiger partial charge in [-0.05, 0) is 12.1 Å². The van der Waals surface area contributed by atoms with Crippen molar-refractivity contribution < 1.29 is 19.2 Å². The second-order valence-electron chi connectivity index (χ2n) is 4.07. The van der Waals surface area contributed by atoms with Gasteiger partial charge in [0.25, 0.3) is 0 Å². The van der Waals surface area contributed by atoms with Crippen LogP contribution in [0.15, 0.2) is 79.0 Å². The molecule has 0 saturated carbocycles. The SMILES string of the molecule is Brc1ccccc1.C1=CC[C]([Ti][C]2=CC=CC2)=C1. The van der Waals surface area contributed by atoms with E-state index in [9.17, 15) is 0 Å². The van der Waals surface area contributed by atoms with Crippen LogP contribution in [-0.2, 0) is 19.2 Å². The van der Waals surface area contributed by atoms with E-state index in [0.29, 0.717) is 0 Å². The van der Waals surface area contributed by atoms with Crippen molar-refractivity contribution in [2.75, 3.05) is 0 Å².